The van der Waals surface area contributed by atoms with Gasteiger partial charge in [0.05, 0.1) is 0 Å². The second-order valence-corrected chi connectivity index (χ2v) is 30.7. The predicted molar refractivity (Wildman–Crippen MR) is 324 cm³/mol. The van der Waals surface area contributed by atoms with Crippen molar-refractivity contribution in [3.05, 3.63) is 154 Å². The molecule has 6 aromatic rings. The second-order valence-electron chi connectivity index (χ2n) is 29.1. The summed E-state index contributed by atoms with van der Waals surface area (Å²) in [5, 5.41) is 0. The van der Waals surface area contributed by atoms with Gasteiger partial charge in [-0.2, -0.15) is 0 Å². The van der Waals surface area contributed by atoms with Crippen molar-refractivity contribution in [3.63, 3.8) is 0 Å². The Hall–Kier alpha value is -4.60. The van der Waals surface area contributed by atoms with Gasteiger partial charge in [-0.15, -0.1) is 9.79 Å². The minimum absolute atomic E-state index is 0.00361. The Labute approximate surface area is 456 Å². The highest BCUT2D eigenvalue weighted by atomic mass is 31.2. The summed E-state index contributed by atoms with van der Waals surface area (Å²) in [4.78, 5) is 15.3. The van der Waals surface area contributed by atoms with E-state index in [9.17, 15) is 9.13 Å². The molecule has 2 N–H and O–H groups in total. The lowest BCUT2D eigenvalue weighted by molar-refractivity contribution is 0.371. The van der Waals surface area contributed by atoms with Crippen LogP contribution in [0, 0.1) is 0 Å². The lowest BCUT2D eigenvalue weighted by Crippen LogP contribution is -2.20. The monoisotopic (exact) mass is 1050 g/mol. The van der Waals surface area contributed by atoms with Crippen LogP contribution in [-0.2, 0) is 56.8 Å². The van der Waals surface area contributed by atoms with E-state index in [0.717, 1.165) is 0 Å². The number of hydrogen-bond acceptors (Lipinski definition) is 3. The number of rotatable bonds is 7. The van der Waals surface area contributed by atoms with Crippen LogP contribution >= 0.6 is 16.5 Å². The fourth-order valence-corrected chi connectivity index (χ4v) is 10.5. The molecule has 0 aromatic heterocycles. The van der Waals surface area contributed by atoms with Gasteiger partial charge in [0.15, 0.2) is 4.31 Å². The maximum atomic E-state index is 9.39. The molecule has 0 aliphatic rings. The maximum absolute atomic E-state index is 9.39. The van der Waals surface area contributed by atoms with E-state index in [1.807, 2.05) is 0 Å². The van der Waals surface area contributed by atoms with E-state index < -0.39 is 16.5 Å². The second kappa shape index (κ2) is 21.7. The topological polar surface area (TPSA) is 83.8 Å². The quantitative estimate of drug-likeness (QED) is 0.156. The normalized spacial score (nSPS) is 13.6. The van der Waals surface area contributed by atoms with Crippen molar-refractivity contribution < 1.29 is 23.2 Å². The van der Waals surface area contributed by atoms with Gasteiger partial charge in [0, 0.05) is 9.13 Å². The molecule has 0 aliphatic heterocycles. The highest BCUT2D eigenvalue weighted by Crippen LogP contribution is 2.56. The van der Waals surface area contributed by atoms with Crippen LogP contribution in [0.4, 0.5) is 0 Å². The summed E-state index contributed by atoms with van der Waals surface area (Å²) in [6.07, 6.45) is 0. The molecule has 6 aromatic carbocycles. The van der Waals surface area contributed by atoms with E-state index in [-0.39, 0.29) is 43.3 Å². The van der Waals surface area contributed by atoms with Crippen molar-refractivity contribution in [2.24, 2.45) is 0 Å². The molecule has 0 saturated carbocycles. The van der Waals surface area contributed by atoms with Gasteiger partial charge in [0.25, 0.3) is 0 Å². The van der Waals surface area contributed by atoms with Gasteiger partial charge < -0.3 is 0 Å². The van der Waals surface area contributed by atoms with Crippen molar-refractivity contribution in [3.8, 4) is 55.6 Å². The van der Waals surface area contributed by atoms with Crippen LogP contribution < -0.4 is 0 Å². The summed E-state index contributed by atoms with van der Waals surface area (Å²) in [5.41, 5.74) is 23.1. The Morgan fingerprint density at radius 1 is 0.293 bits per heavy atom. The molecular weight excluding hydrogens is 959 g/mol. The van der Waals surface area contributed by atoms with Crippen molar-refractivity contribution in [2.75, 3.05) is 0 Å². The third kappa shape index (κ3) is 14.5. The molecule has 0 heterocycles. The van der Waals surface area contributed by atoms with Crippen molar-refractivity contribution in [2.45, 2.75) is 209 Å². The molecule has 5 nitrogen and oxygen atoms in total. The summed E-state index contributed by atoms with van der Waals surface area (Å²) in [6, 6.07) is 43.8. The van der Waals surface area contributed by atoms with Gasteiger partial charge in [-0.05, 0) is 150 Å². The number of benzene rings is 6. The summed E-state index contributed by atoms with van der Waals surface area (Å²) in [6.45, 7) is 57.1. The van der Waals surface area contributed by atoms with E-state index >= 15 is 0 Å². The Kier molecular flexibility index (Phi) is 17.7. The molecule has 0 spiro atoms. The van der Waals surface area contributed by atoms with E-state index in [1.54, 1.807) is 0 Å². The van der Waals surface area contributed by atoms with Gasteiger partial charge in [-0.1, -0.05) is 269 Å². The first-order chi connectivity index (χ1) is 33.9. The summed E-state index contributed by atoms with van der Waals surface area (Å²) >= 11 is 0. The summed E-state index contributed by atoms with van der Waals surface area (Å²) in [5.74, 6) is 0. The molecule has 0 amide bonds. The zero-order chi connectivity index (χ0) is 57.0. The SMILES string of the molecule is CC(C)(C)c1ccc(-c2cc(-c3ccc(C(C)(C)C)cc3C(C)(C)C)c(-c3ccc(C(C)(C)C)cc3C(C)(C)C)c(-c3ccc(C(C)(C)C)cc3C(C)(C)C)c2-c2ccccc2)c(C(C)(C)C)c1.O=[P+](O)O[P+](=O)O. The van der Waals surface area contributed by atoms with Crippen LogP contribution in [0.2, 0.25) is 0 Å². The minimum atomic E-state index is -2.92. The Bertz CT molecular complexity index is 3050. The highest BCUT2D eigenvalue weighted by Gasteiger charge is 2.36. The largest absolute Gasteiger partial charge is 0.745 e. The first-order valence-corrected chi connectivity index (χ1v) is 29.1. The first-order valence-electron chi connectivity index (χ1n) is 26.8. The van der Waals surface area contributed by atoms with Crippen LogP contribution in [0.15, 0.2) is 109 Å². The van der Waals surface area contributed by atoms with Crippen LogP contribution in [0.5, 0.6) is 0 Å². The molecule has 0 aliphatic carbocycles. The van der Waals surface area contributed by atoms with Gasteiger partial charge in [-0.25, -0.2) is 0 Å². The predicted octanol–water partition coefficient (Wildman–Crippen LogP) is 20.7. The van der Waals surface area contributed by atoms with Crippen LogP contribution in [-0.4, -0.2) is 9.79 Å². The Morgan fingerprint density at radius 2 is 0.560 bits per heavy atom. The zero-order valence-corrected chi connectivity index (χ0v) is 52.2. The molecule has 0 saturated heterocycles. The Morgan fingerprint density at radius 3 is 0.827 bits per heavy atom. The molecular formula is C68H92O5P2+2. The fourth-order valence-electron chi connectivity index (χ4n) is 10.1. The van der Waals surface area contributed by atoms with E-state index in [2.05, 4.69) is 280 Å². The van der Waals surface area contributed by atoms with Crippen LogP contribution in [0.3, 0.4) is 0 Å². The molecule has 2 atom stereocenters. The first kappa shape index (κ1) is 61.3. The standard InChI is InChI=1S/C68H90.O5P2/c1-61(2,3)44-30-34-48(54(38-44)65(13,14)15)52-42-53(49-35-31-45(62(4,5)6)39-55(49)66(16,17)18)59(50-36-32-46(63(7,8)9)40-56(50)67(19,20)21)60(58(52)43-28-26-25-27-29-43)51-37-33-47(64(10,11)12)41-57(51)68(22,23)24;1-6(2)5-7(3)4/h25-42H,1-24H3;/p+2. The van der Waals surface area contributed by atoms with Crippen LogP contribution in [0.1, 0.15) is 211 Å². The molecule has 0 radical (unpaired) electrons. The smallest absolute Gasteiger partial charge is 0.131 e. The molecule has 75 heavy (non-hydrogen) atoms. The molecule has 6 rings (SSSR count). The molecule has 0 fully saturated rings. The van der Waals surface area contributed by atoms with E-state index in [0.29, 0.717) is 0 Å². The van der Waals surface area contributed by atoms with Crippen molar-refractivity contribution in [1.82, 2.24) is 0 Å². The minimum Gasteiger partial charge on any atom is -0.131 e. The van der Waals surface area contributed by atoms with E-state index in [4.69, 9.17) is 9.79 Å². The molecule has 2 unspecified atom stereocenters. The third-order valence-electron chi connectivity index (χ3n) is 14.4. The van der Waals surface area contributed by atoms with Crippen molar-refractivity contribution >= 4 is 16.5 Å². The molecule has 0 bridgehead atoms. The van der Waals surface area contributed by atoms with Crippen LogP contribution in [0.25, 0.3) is 55.6 Å². The van der Waals surface area contributed by atoms with E-state index in [1.165, 1.54) is 100 Å². The van der Waals surface area contributed by atoms with Gasteiger partial charge in [0.2, 0.25) is 0 Å². The third-order valence-corrected chi connectivity index (χ3v) is 15.5. The number of hydrogen-bond donors (Lipinski definition) is 2. The average molecular weight is 1050 g/mol. The zero-order valence-electron chi connectivity index (χ0n) is 50.4. The van der Waals surface area contributed by atoms with Gasteiger partial charge in [0.1, 0.15) is 0 Å². The van der Waals surface area contributed by atoms with Gasteiger partial charge in [-0.3, -0.25) is 0 Å². The molecule has 7 heteroatoms. The summed E-state index contributed by atoms with van der Waals surface area (Å²) in [7, 11) is -5.85. The Balaban J connectivity index is 0.00000138. The average Bonchev–Trinajstić information content (AvgIpc) is 3.25. The van der Waals surface area contributed by atoms with Crippen molar-refractivity contribution in [1.29, 1.82) is 0 Å². The highest BCUT2D eigenvalue weighted by molar-refractivity contribution is 7.46. The maximum Gasteiger partial charge on any atom is 0.745 e. The lowest BCUT2D eigenvalue weighted by atomic mass is 9.69. The molecule has 402 valence electrons. The lowest BCUT2D eigenvalue weighted by Gasteiger charge is -2.35. The van der Waals surface area contributed by atoms with Gasteiger partial charge >= 0.3 is 16.5 Å². The fraction of sp³-hybridized carbons (Fsp3) is 0.471. The summed E-state index contributed by atoms with van der Waals surface area (Å²) < 4.78 is 22.2.